The van der Waals surface area contributed by atoms with E-state index in [1.807, 2.05) is 6.07 Å². The van der Waals surface area contributed by atoms with Gasteiger partial charge in [-0.1, -0.05) is 0 Å². The van der Waals surface area contributed by atoms with Gasteiger partial charge >= 0.3 is 0 Å². The van der Waals surface area contributed by atoms with Crippen LogP contribution < -0.4 is 4.72 Å². The number of hydrogen-bond acceptors (Lipinski definition) is 4. The van der Waals surface area contributed by atoms with Crippen molar-refractivity contribution < 1.29 is 12.8 Å². The van der Waals surface area contributed by atoms with Crippen molar-refractivity contribution in [3.05, 3.63) is 35.5 Å². The molecule has 0 atom stereocenters. The van der Waals surface area contributed by atoms with Gasteiger partial charge in [0.2, 0.25) is 10.0 Å². The molecule has 0 aliphatic heterocycles. The van der Waals surface area contributed by atoms with Crippen LogP contribution in [0.3, 0.4) is 0 Å². The number of nitrogens with one attached hydrogen (secondary N) is 1. The SMILES string of the molecule is Cc1nn(C)c(C)c1S(=O)(=O)NCCc1ccoc1. The van der Waals surface area contributed by atoms with E-state index in [2.05, 4.69) is 9.82 Å². The maximum absolute atomic E-state index is 12.2. The summed E-state index contributed by atoms with van der Waals surface area (Å²) in [7, 11) is -1.79. The third-order valence-electron chi connectivity index (χ3n) is 3.00. The third kappa shape index (κ3) is 2.87. The van der Waals surface area contributed by atoms with Crippen LogP contribution in [0.15, 0.2) is 27.9 Å². The fourth-order valence-corrected chi connectivity index (χ4v) is 3.45. The average Bonchev–Trinajstić information content (AvgIpc) is 2.88. The van der Waals surface area contributed by atoms with E-state index in [0.29, 0.717) is 24.4 Å². The summed E-state index contributed by atoms with van der Waals surface area (Å²) in [6.07, 6.45) is 3.77. The molecule has 0 aliphatic carbocycles. The van der Waals surface area contributed by atoms with Gasteiger partial charge in [0.1, 0.15) is 4.90 Å². The van der Waals surface area contributed by atoms with E-state index < -0.39 is 10.0 Å². The summed E-state index contributed by atoms with van der Waals surface area (Å²) in [5.41, 5.74) is 2.10. The van der Waals surface area contributed by atoms with Crippen LogP contribution in [0.25, 0.3) is 0 Å². The summed E-state index contributed by atoms with van der Waals surface area (Å²) >= 11 is 0. The summed E-state index contributed by atoms with van der Waals surface area (Å²) < 4.78 is 33.5. The molecule has 2 heterocycles. The zero-order chi connectivity index (χ0) is 14.0. The summed E-state index contributed by atoms with van der Waals surface area (Å²) in [4.78, 5) is 0.266. The summed E-state index contributed by atoms with van der Waals surface area (Å²) in [6.45, 7) is 3.76. The minimum Gasteiger partial charge on any atom is -0.472 e. The van der Waals surface area contributed by atoms with Gasteiger partial charge in [-0.05, 0) is 31.9 Å². The molecule has 6 nitrogen and oxygen atoms in total. The van der Waals surface area contributed by atoms with Gasteiger partial charge in [0.15, 0.2) is 0 Å². The number of furan rings is 1. The first kappa shape index (κ1) is 13.8. The van der Waals surface area contributed by atoms with Crippen molar-refractivity contribution in [1.29, 1.82) is 0 Å². The molecule has 7 heteroatoms. The lowest BCUT2D eigenvalue weighted by atomic mass is 10.2. The maximum Gasteiger partial charge on any atom is 0.244 e. The van der Waals surface area contributed by atoms with Crippen molar-refractivity contribution in [1.82, 2.24) is 14.5 Å². The molecule has 1 N–H and O–H groups in total. The molecule has 2 aromatic rings. The molecule has 2 aromatic heterocycles. The van der Waals surface area contributed by atoms with E-state index in [-0.39, 0.29) is 4.90 Å². The topological polar surface area (TPSA) is 77.1 Å². The van der Waals surface area contributed by atoms with Crippen LogP contribution in [-0.2, 0) is 23.5 Å². The lowest BCUT2D eigenvalue weighted by molar-refractivity contribution is 0.562. The third-order valence-corrected chi connectivity index (χ3v) is 4.71. The second-order valence-electron chi connectivity index (χ2n) is 4.40. The van der Waals surface area contributed by atoms with E-state index >= 15 is 0 Å². The van der Waals surface area contributed by atoms with Crippen LogP contribution >= 0.6 is 0 Å². The van der Waals surface area contributed by atoms with Crippen LogP contribution in [0.1, 0.15) is 17.0 Å². The Morgan fingerprint density at radius 3 is 2.68 bits per heavy atom. The first-order chi connectivity index (χ1) is 8.92. The van der Waals surface area contributed by atoms with Crippen LogP contribution in [-0.4, -0.2) is 24.7 Å². The molecule has 0 spiro atoms. The van der Waals surface area contributed by atoms with Crippen molar-refractivity contribution in [2.75, 3.05) is 6.54 Å². The molecule has 0 saturated carbocycles. The molecular formula is C12H17N3O3S. The molecule has 0 radical (unpaired) electrons. The van der Waals surface area contributed by atoms with Gasteiger partial charge in [-0.15, -0.1) is 0 Å². The van der Waals surface area contributed by atoms with Crippen LogP contribution in [0.2, 0.25) is 0 Å². The molecule has 0 bridgehead atoms. The van der Waals surface area contributed by atoms with E-state index in [1.54, 1.807) is 38.1 Å². The van der Waals surface area contributed by atoms with E-state index in [9.17, 15) is 8.42 Å². The first-order valence-electron chi connectivity index (χ1n) is 5.93. The highest BCUT2D eigenvalue weighted by Crippen LogP contribution is 2.18. The summed E-state index contributed by atoms with van der Waals surface area (Å²) in [6, 6.07) is 1.81. The summed E-state index contributed by atoms with van der Waals surface area (Å²) in [5, 5.41) is 4.12. The zero-order valence-electron chi connectivity index (χ0n) is 11.2. The predicted molar refractivity (Wildman–Crippen MR) is 70.3 cm³/mol. The number of nitrogens with zero attached hydrogens (tertiary/aromatic N) is 2. The van der Waals surface area contributed by atoms with Gasteiger partial charge in [0.25, 0.3) is 0 Å². The predicted octanol–water partition coefficient (Wildman–Crippen LogP) is 1.15. The minimum absolute atomic E-state index is 0.266. The number of hydrogen-bond donors (Lipinski definition) is 1. The molecule has 0 aliphatic rings. The number of sulfonamides is 1. The zero-order valence-corrected chi connectivity index (χ0v) is 12.0. The van der Waals surface area contributed by atoms with E-state index in [1.165, 1.54) is 0 Å². The quantitative estimate of drug-likeness (QED) is 0.893. The highest BCUT2D eigenvalue weighted by molar-refractivity contribution is 7.89. The molecule has 0 fully saturated rings. The van der Waals surface area contributed by atoms with Crippen molar-refractivity contribution in [2.24, 2.45) is 7.05 Å². The van der Waals surface area contributed by atoms with Gasteiger partial charge in [0.05, 0.1) is 23.9 Å². The van der Waals surface area contributed by atoms with Crippen molar-refractivity contribution >= 4 is 10.0 Å². The fourth-order valence-electron chi connectivity index (χ4n) is 1.98. The summed E-state index contributed by atoms with van der Waals surface area (Å²) in [5.74, 6) is 0. The largest absolute Gasteiger partial charge is 0.472 e. The normalized spacial score (nSPS) is 11.9. The van der Waals surface area contributed by atoms with Crippen LogP contribution in [0, 0.1) is 13.8 Å². The van der Waals surface area contributed by atoms with Gasteiger partial charge in [0, 0.05) is 13.6 Å². The Morgan fingerprint density at radius 1 is 1.42 bits per heavy atom. The van der Waals surface area contributed by atoms with Gasteiger partial charge in [-0.3, -0.25) is 4.68 Å². The number of aryl methyl sites for hydroxylation is 2. The molecular weight excluding hydrogens is 266 g/mol. The van der Waals surface area contributed by atoms with Crippen LogP contribution in [0.5, 0.6) is 0 Å². The Balaban J connectivity index is 2.10. The molecule has 0 aromatic carbocycles. The second-order valence-corrected chi connectivity index (χ2v) is 6.11. The van der Waals surface area contributed by atoms with Crippen molar-refractivity contribution in [3.63, 3.8) is 0 Å². The first-order valence-corrected chi connectivity index (χ1v) is 7.41. The molecule has 19 heavy (non-hydrogen) atoms. The standard InChI is InChI=1S/C12H17N3O3S/c1-9-12(10(2)15(3)14-9)19(16,17)13-6-4-11-5-7-18-8-11/h5,7-8,13H,4,6H2,1-3H3. The number of aromatic nitrogens is 2. The van der Waals surface area contributed by atoms with Gasteiger partial charge in [-0.2, -0.15) is 5.10 Å². The lowest BCUT2D eigenvalue weighted by Gasteiger charge is -2.06. The van der Waals surface area contributed by atoms with E-state index in [4.69, 9.17) is 4.42 Å². The molecule has 0 amide bonds. The smallest absolute Gasteiger partial charge is 0.244 e. The minimum atomic E-state index is -3.52. The Bertz CT molecular complexity index is 657. The Hall–Kier alpha value is -1.60. The fraction of sp³-hybridized carbons (Fsp3) is 0.417. The van der Waals surface area contributed by atoms with E-state index in [0.717, 1.165) is 5.56 Å². The highest BCUT2D eigenvalue weighted by atomic mass is 32.2. The molecule has 104 valence electrons. The van der Waals surface area contributed by atoms with Crippen LogP contribution in [0.4, 0.5) is 0 Å². The lowest BCUT2D eigenvalue weighted by Crippen LogP contribution is -2.26. The Labute approximate surface area is 112 Å². The average molecular weight is 283 g/mol. The maximum atomic E-state index is 12.2. The number of rotatable bonds is 5. The van der Waals surface area contributed by atoms with Crippen molar-refractivity contribution in [2.45, 2.75) is 25.2 Å². The second kappa shape index (κ2) is 5.18. The monoisotopic (exact) mass is 283 g/mol. The van der Waals surface area contributed by atoms with Gasteiger partial charge < -0.3 is 4.42 Å². The molecule has 2 rings (SSSR count). The highest BCUT2D eigenvalue weighted by Gasteiger charge is 2.23. The molecule has 0 saturated heterocycles. The van der Waals surface area contributed by atoms with Crippen molar-refractivity contribution in [3.8, 4) is 0 Å². The van der Waals surface area contributed by atoms with Gasteiger partial charge in [-0.25, -0.2) is 13.1 Å². The molecule has 0 unspecified atom stereocenters. The Morgan fingerprint density at radius 2 is 2.16 bits per heavy atom. The Kier molecular flexibility index (Phi) is 3.77.